The maximum atomic E-state index is 4.48. The van der Waals surface area contributed by atoms with E-state index < -0.39 is 0 Å². The number of aromatic amines is 1. The molecule has 5 heteroatoms. The van der Waals surface area contributed by atoms with E-state index in [0.717, 1.165) is 28.8 Å². The summed E-state index contributed by atoms with van der Waals surface area (Å²) < 4.78 is 1.85. The molecule has 0 radical (unpaired) electrons. The lowest BCUT2D eigenvalue weighted by Crippen LogP contribution is -1.90. The molecule has 2 heterocycles. The Bertz CT molecular complexity index is 664. The highest BCUT2D eigenvalue weighted by Crippen LogP contribution is 2.24. The highest BCUT2D eigenvalue weighted by atomic mass is 15.3. The van der Waals surface area contributed by atoms with Crippen molar-refractivity contribution in [1.29, 1.82) is 0 Å². The highest BCUT2D eigenvalue weighted by molar-refractivity contribution is 5.91. The summed E-state index contributed by atoms with van der Waals surface area (Å²) in [7, 11) is 1.93. The molecule has 0 atom stereocenters. The summed E-state index contributed by atoms with van der Waals surface area (Å²) in [6.07, 6.45) is 0.845. The van der Waals surface area contributed by atoms with Crippen molar-refractivity contribution in [2.24, 2.45) is 7.05 Å². The maximum Gasteiger partial charge on any atom is 0.202 e. The van der Waals surface area contributed by atoms with Gasteiger partial charge in [-0.1, -0.05) is 25.1 Å². The predicted molar refractivity (Wildman–Crippen MR) is 65.5 cm³/mol. The normalized spacial score (nSPS) is 11.2. The molecular formula is C12H13N5. The number of aryl methyl sites for hydroxylation is 2. The fraction of sp³-hybridized carbons (Fsp3) is 0.250. The molecule has 3 aromatic rings. The number of para-hydroxylation sites is 1. The van der Waals surface area contributed by atoms with Crippen LogP contribution in [0.2, 0.25) is 0 Å². The highest BCUT2D eigenvalue weighted by Gasteiger charge is 2.13. The van der Waals surface area contributed by atoms with E-state index in [-0.39, 0.29) is 0 Å². The van der Waals surface area contributed by atoms with Gasteiger partial charge < -0.3 is 0 Å². The molecule has 0 fully saturated rings. The van der Waals surface area contributed by atoms with Crippen LogP contribution < -0.4 is 0 Å². The van der Waals surface area contributed by atoms with Crippen molar-refractivity contribution in [3.63, 3.8) is 0 Å². The zero-order chi connectivity index (χ0) is 11.8. The number of hydrogen-bond donors (Lipinski definition) is 1. The molecule has 3 rings (SSSR count). The van der Waals surface area contributed by atoms with Gasteiger partial charge in [-0.25, -0.2) is 4.98 Å². The minimum absolute atomic E-state index is 0.665. The Morgan fingerprint density at radius 2 is 2.12 bits per heavy atom. The first-order valence-corrected chi connectivity index (χ1v) is 5.63. The lowest BCUT2D eigenvalue weighted by Gasteiger charge is -1.90. The first-order chi connectivity index (χ1) is 8.29. The number of aromatic nitrogens is 5. The third-order valence-electron chi connectivity index (χ3n) is 2.84. The largest absolute Gasteiger partial charge is 0.267 e. The van der Waals surface area contributed by atoms with Gasteiger partial charge in [0.2, 0.25) is 5.82 Å². The van der Waals surface area contributed by atoms with E-state index in [4.69, 9.17) is 0 Å². The minimum Gasteiger partial charge on any atom is -0.267 e. The number of H-pyrrole nitrogens is 1. The summed E-state index contributed by atoms with van der Waals surface area (Å²) >= 11 is 0. The number of rotatable bonds is 2. The molecule has 1 N–H and O–H groups in total. The average molecular weight is 227 g/mol. The number of benzene rings is 1. The second-order valence-corrected chi connectivity index (χ2v) is 3.95. The smallest absolute Gasteiger partial charge is 0.202 e. The summed E-state index contributed by atoms with van der Waals surface area (Å²) in [5.41, 5.74) is 1.92. The molecule has 0 spiro atoms. The first-order valence-electron chi connectivity index (χ1n) is 5.63. The number of fused-ring (bicyclic) bond motifs is 1. The average Bonchev–Trinajstić information content (AvgIpc) is 2.95. The Morgan fingerprint density at radius 1 is 1.29 bits per heavy atom. The van der Waals surface area contributed by atoms with Gasteiger partial charge in [-0.3, -0.25) is 9.78 Å². The lowest BCUT2D eigenvalue weighted by atomic mass is 10.2. The zero-order valence-corrected chi connectivity index (χ0v) is 9.81. The Morgan fingerprint density at radius 3 is 2.88 bits per heavy atom. The van der Waals surface area contributed by atoms with E-state index in [1.54, 1.807) is 0 Å². The Hall–Kier alpha value is -2.17. The van der Waals surface area contributed by atoms with Gasteiger partial charge in [0.05, 0.1) is 5.52 Å². The van der Waals surface area contributed by atoms with Crippen molar-refractivity contribution in [2.45, 2.75) is 13.3 Å². The molecule has 2 aromatic heterocycles. The Labute approximate surface area is 98.5 Å². The predicted octanol–water partition coefficient (Wildman–Crippen LogP) is 1.92. The molecule has 0 saturated heterocycles. The van der Waals surface area contributed by atoms with Gasteiger partial charge in [0.25, 0.3) is 0 Å². The van der Waals surface area contributed by atoms with Crippen molar-refractivity contribution < 1.29 is 0 Å². The van der Waals surface area contributed by atoms with E-state index in [0.29, 0.717) is 5.82 Å². The molecule has 0 bridgehead atoms. The van der Waals surface area contributed by atoms with Gasteiger partial charge in [0.15, 0.2) is 0 Å². The SMILES string of the molecule is CCc1nc(-c2nn(C)c3ccccc23)n[nH]1. The fourth-order valence-corrected chi connectivity index (χ4v) is 1.94. The number of hydrogen-bond acceptors (Lipinski definition) is 3. The molecule has 0 amide bonds. The van der Waals surface area contributed by atoms with Gasteiger partial charge in [0, 0.05) is 18.9 Å². The molecule has 5 nitrogen and oxygen atoms in total. The van der Waals surface area contributed by atoms with Crippen LogP contribution in [0.4, 0.5) is 0 Å². The third kappa shape index (κ3) is 1.51. The molecular weight excluding hydrogens is 214 g/mol. The van der Waals surface area contributed by atoms with Crippen molar-refractivity contribution in [2.75, 3.05) is 0 Å². The van der Waals surface area contributed by atoms with Gasteiger partial charge in [0.1, 0.15) is 11.5 Å². The standard InChI is InChI=1S/C12H13N5/c1-3-10-13-12(15-14-10)11-8-6-4-5-7-9(8)17(2)16-11/h4-7H,3H2,1-2H3,(H,13,14,15). The Balaban J connectivity index is 2.23. The van der Waals surface area contributed by atoms with Crippen LogP contribution in [0.25, 0.3) is 22.4 Å². The second kappa shape index (κ2) is 3.69. The summed E-state index contributed by atoms with van der Waals surface area (Å²) in [6.45, 7) is 2.04. The molecule has 0 aliphatic carbocycles. The van der Waals surface area contributed by atoms with Crippen molar-refractivity contribution in [3.8, 4) is 11.5 Å². The van der Waals surface area contributed by atoms with Crippen molar-refractivity contribution in [1.82, 2.24) is 25.0 Å². The quantitative estimate of drug-likeness (QED) is 0.727. The lowest BCUT2D eigenvalue weighted by molar-refractivity contribution is 0.798. The van der Waals surface area contributed by atoms with Crippen molar-refractivity contribution in [3.05, 3.63) is 30.1 Å². The molecule has 86 valence electrons. The molecule has 17 heavy (non-hydrogen) atoms. The van der Waals surface area contributed by atoms with E-state index >= 15 is 0 Å². The van der Waals surface area contributed by atoms with Crippen LogP contribution in [0.1, 0.15) is 12.7 Å². The van der Waals surface area contributed by atoms with E-state index in [1.165, 1.54) is 0 Å². The van der Waals surface area contributed by atoms with Gasteiger partial charge in [-0.05, 0) is 6.07 Å². The van der Waals surface area contributed by atoms with E-state index in [2.05, 4.69) is 20.3 Å². The summed E-state index contributed by atoms with van der Waals surface area (Å²) in [6, 6.07) is 8.09. The molecule has 0 aliphatic heterocycles. The summed E-state index contributed by atoms with van der Waals surface area (Å²) in [5.74, 6) is 1.55. The third-order valence-corrected chi connectivity index (χ3v) is 2.84. The van der Waals surface area contributed by atoms with Crippen molar-refractivity contribution >= 4 is 10.9 Å². The van der Waals surface area contributed by atoms with Crippen LogP contribution in [0, 0.1) is 0 Å². The topological polar surface area (TPSA) is 59.4 Å². The fourth-order valence-electron chi connectivity index (χ4n) is 1.94. The van der Waals surface area contributed by atoms with Gasteiger partial charge in [-0.15, -0.1) is 0 Å². The van der Waals surface area contributed by atoms with Crippen LogP contribution in [-0.2, 0) is 13.5 Å². The monoisotopic (exact) mass is 227 g/mol. The van der Waals surface area contributed by atoms with Gasteiger partial charge >= 0.3 is 0 Å². The van der Waals surface area contributed by atoms with Crippen LogP contribution in [-0.4, -0.2) is 25.0 Å². The molecule has 1 aromatic carbocycles. The molecule has 0 unspecified atom stereocenters. The molecule has 0 aliphatic rings. The van der Waals surface area contributed by atoms with Crippen LogP contribution in [0.15, 0.2) is 24.3 Å². The van der Waals surface area contributed by atoms with Crippen LogP contribution in [0.3, 0.4) is 0 Å². The summed E-state index contributed by atoms with van der Waals surface area (Å²) in [4.78, 5) is 4.42. The zero-order valence-electron chi connectivity index (χ0n) is 9.81. The van der Waals surface area contributed by atoms with E-state index in [1.807, 2.05) is 42.9 Å². The maximum absolute atomic E-state index is 4.48. The molecule has 0 saturated carbocycles. The number of nitrogens with one attached hydrogen (secondary N) is 1. The van der Waals surface area contributed by atoms with E-state index in [9.17, 15) is 0 Å². The van der Waals surface area contributed by atoms with Gasteiger partial charge in [-0.2, -0.15) is 10.2 Å². The van der Waals surface area contributed by atoms with Crippen LogP contribution >= 0.6 is 0 Å². The van der Waals surface area contributed by atoms with Crippen LogP contribution in [0.5, 0.6) is 0 Å². The first kappa shape index (κ1) is 10.0. The Kier molecular flexibility index (Phi) is 2.18. The second-order valence-electron chi connectivity index (χ2n) is 3.95. The number of nitrogens with zero attached hydrogens (tertiary/aromatic N) is 4. The summed E-state index contributed by atoms with van der Waals surface area (Å²) in [5, 5.41) is 12.7. The minimum atomic E-state index is 0.665.